The van der Waals surface area contributed by atoms with Crippen molar-refractivity contribution < 1.29 is 45.6 Å². The van der Waals surface area contributed by atoms with Crippen LogP contribution in [0.1, 0.15) is 79.6 Å². The number of allylic oxidation sites excluding steroid dienone is 1. The maximum Gasteiger partial charge on any atom is 0.245 e. The van der Waals surface area contributed by atoms with E-state index in [1.54, 1.807) is 13.8 Å². The van der Waals surface area contributed by atoms with Crippen LogP contribution in [0, 0.1) is 34.5 Å². The predicted molar refractivity (Wildman–Crippen MR) is 129 cm³/mol. The Hall–Kier alpha value is -0.910. The summed E-state index contributed by atoms with van der Waals surface area (Å²) in [5.41, 5.74) is -4.43. The molecule has 4 aliphatic carbocycles. The number of carbonyl (C=O) groups excluding carboxylic acids is 1. The average Bonchev–Trinajstić information content (AvgIpc) is 3.04. The zero-order chi connectivity index (χ0) is 27.3. The van der Waals surface area contributed by atoms with E-state index < -0.39 is 63.4 Å². The molecule has 0 heterocycles. The molecule has 0 saturated heterocycles. The number of fused-ring (bicyclic) bond motifs is 5. The van der Waals surface area contributed by atoms with Gasteiger partial charge in [-0.25, -0.2) is 0 Å². The Morgan fingerprint density at radius 1 is 1.06 bits per heavy atom. The summed E-state index contributed by atoms with van der Waals surface area (Å²) in [6.07, 6.45) is 1.03. The van der Waals surface area contributed by atoms with Gasteiger partial charge in [0.25, 0.3) is 0 Å². The second-order valence-corrected chi connectivity index (χ2v) is 13.3. The van der Waals surface area contributed by atoms with E-state index in [1.807, 2.05) is 13.8 Å². The van der Waals surface area contributed by atoms with Crippen molar-refractivity contribution in [3.05, 3.63) is 11.6 Å². The number of rotatable bonds is 5. The number of ketones is 1. The Morgan fingerprint density at radius 2 is 1.67 bits per heavy atom. The van der Waals surface area contributed by atoms with Gasteiger partial charge in [-0.15, -0.1) is 0 Å². The van der Waals surface area contributed by atoms with Crippen LogP contribution in [0.5, 0.6) is 0 Å². The normalized spacial score (nSPS) is 45.2. The van der Waals surface area contributed by atoms with Crippen LogP contribution in [0.3, 0.4) is 0 Å². The molecule has 36 heavy (non-hydrogen) atoms. The van der Waals surface area contributed by atoms with Gasteiger partial charge in [0.1, 0.15) is 6.10 Å². The molecule has 0 spiro atoms. The molecule has 4 rings (SSSR count). The summed E-state index contributed by atoms with van der Waals surface area (Å²) in [7, 11) is 0. The minimum absolute atomic E-state index is 0.0854. The van der Waals surface area contributed by atoms with Crippen LogP contribution in [0.4, 0.5) is 0 Å². The largest absolute Gasteiger partial charge is 0.393 e. The fourth-order valence-electron chi connectivity index (χ4n) is 8.40. The second kappa shape index (κ2) is 8.29. The molecule has 9 heteroatoms. The summed E-state index contributed by atoms with van der Waals surface area (Å²) in [5.74, 6) is -8.99. The van der Waals surface area contributed by atoms with Gasteiger partial charge in [-0.1, -0.05) is 20.8 Å². The van der Waals surface area contributed by atoms with Gasteiger partial charge < -0.3 is 40.9 Å². The van der Waals surface area contributed by atoms with E-state index in [4.69, 9.17) is 0 Å². The van der Waals surface area contributed by atoms with Crippen LogP contribution in [-0.4, -0.2) is 81.6 Å². The molecule has 2 unspecified atom stereocenters. The molecular formula is C27H44O9. The van der Waals surface area contributed by atoms with Gasteiger partial charge in [-0.3, -0.25) is 4.79 Å². The molecule has 9 atom stereocenters. The third kappa shape index (κ3) is 3.54. The topological polar surface area (TPSA) is 179 Å². The first-order chi connectivity index (χ1) is 16.3. The third-order valence-electron chi connectivity index (χ3n) is 11.0. The maximum atomic E-state index is 13.3. The van der Waals surface area contributed by atoms with Crippen LogP contribution < -0.4 is 0 Å². The monoisotopic (exact) mass is 512 g/mol. The van der Waals surface area contributed by atoms with Gasteiger partial charge in [0.2, 0.25) is 11.6 Å². The van der Waals surface area contributed by atoms with E-state index >= 15 is 0 Å². The van der Waals surface area contributed by atoms with Crippen LogP contribution in [-0.2, 0) is 4.79 Å². The highest BCUT2D eigenvalue weighted by atomic mass is 16.6. The van der Waals surface area contributed by atoms with Crippen LogP contribution in [0.2, 0.25) is 0 Å². The summed E-state index contributed by atoms with van der Waals surface area (Å²) < 4.78 is 0. The van der Waals surface area contributed by atoms with Crippen molar-refractivity contribution in [1.82, 2.24) is 0 Å². The molecule has 8 N–H and O–H groups in total. The predicted octanol–water partition coefficient (Wildman–Crippen LogP) is 0.350. The van der Waals surface area contributed by atoms with Crippen molar-refractivity contribution in [2.75, 3.05) is 0 Å². The molecule has 4 aliphatic rings. The summed E-state index contributed by atoms with van der Waals surface area (Å²) >= 11 is 0. The molecule has 3 saturated carbocycles. The highest BCUT2D eigenvalue weighted by Gasteiger charge is 2.76. The Kier molecular flexibility index (Phi) is 6.47. The summed E-state index contributed by atoms with van der Waals surface area (Å²) in [6.45, 7) is 8.73. The molecular weight excluding hydrogens is 468 g/mol. The molecule has 0 aromatic rings. The number of carbonyl (C=O) groups is 1. The van der Waals surface area contributed by atoms with Crippen LogP contribution in [0.25, 0.3) is 0 Å². The average molecular weight is 513 g/mol. The van der Waals surface area contributed by atoms with Crippen molar-refractivity contribution in [3.8, 4) is 0 Å². The zero-order valence-corrected chi connectivity index (χ0v) is 22.0. The molecule has 0 radical (unpaired) electrons. The van der Waals surface area contributed by atoms with E-state index in [-0.39, 0.29) is 18.3 Å². The first-order valence-electron chi connectivity index (χ1n) is 13.2. The van der Waals surface area contributed by atoms with Gasteiger partial charge in [0, 0.05) is 16.7 Å². The maximum absolute atomic E-state index is 13.3. The molecule has 0 bridgehead atoms. The first-order valence-corrected chi connectivity index (χ1v) is 13.2. The van der Waals surface area contributed by atoms with Gasteiger partial charge in [-0.2, -0.15) is 0 Å². The summed E-state index contributed by atoms with van der Waals surface area (Å²) in [5, 5.41) is 86.7. The lowest BCUT2D eigenvalue weighted by Gasteiger charge is -2.64. The Bertz CT molecular complexity index is 936. The third-order valence-corrected chi connectivity index (χ3v) is 11.0. The zero-order valence-electron chi connectivity index (χ0n) is 22.0. The number of hydrogen-bond donors (Lipinski definition) is 8. The number of hydrogen-bond acceptors (Lipinski definition) is 9. The standard InChI is InChI=1S/C27H44O9/c1-14(19(28)8-9-22(2,3)31)15-7-11-25(32)17-12-20(29)18-13-21(30)26(33,34)27(35,36)24(18,5)16(17)6-10-23(15,25)4/h12,14-16,18-19,21,28,30-36H,6-11,13H2,1-5H3/t14?,15-,16?,18+,19-,21-,23-,24-,25-/m1/s1. The van der Waals surface area contributed by atoms with E-state index in [2.05, 4.69) is 0 Å². The van der Waals surface area contributed by atoms with Crippen LogP contribution in [0.15, 0.2) is 11.6 Å². The van der Waals surface area contributed by atoms with E-state index in [9.17, 15) is 45.6 Å². The van der Waals surface area contributed by atoms with Crippen LogP contribution >= 0.6 is 0 Å². The van der Waals surface area contributed by atoms with Crippen molar-refractivity contribution in [2.24, 2.45) is 34.5 Å². The Labute approximate surface area is 212 Å². The van der Waals surface area contributed by atoms with E-state index in [0.717, 1.165) is 0 Å². The molecule has 9 nitrogen and oxygen atoms in total. The van der Waals surface area contributed by atoms with Crippen molar-refractivity contribution in [1.29, 1.82) is 0 Å². The lowest BCUT2D eigenvalue weighted by Crippen LogP contribution is -2.77. The van der Waals surface area contributed by atoms with Gasteiger partial charge >= 0.3 is 0 Å². The van der Waals surface area contributed by atoms with Crippen molar-refractivity contribution >= 4 is 5.78 Å². The summed E-state index contributed by atoms with van der Waals surface area (Å²) in [6, 6.07) is 0. The molecule has 206 valence electrons. The smallest absolute Gasteiger partial charge is 0.245 e. The highest BCUT2D eigenvalue weighted by molar-refractivity contribution is 5.95. The summed E-state index contributed by atoms with van der Waals surface area (Å²) in [4.78, 5) is 13.3. The lowest BCUT2D eigenvalue weighted by molar-refractivity contribution is -0.447. The van der Waals surface area contributed by atoms with E-state index in [1.165, 1.54) is 13.0 Å². The van der Waals surface area contributed by atoms with Gasteiger partial charge in [-0.05, 0) is 88.2 Å². The highest BCUT2D eigenvalue weighted by Crippen LogP contribution is 2.69. The second-order valence-electron chi connectivity index (χ2n) is 13.3. The molecule has 0 aliphatic heterocycles. The van der Waals surface area contributed by atoms with Gasteiger partial charge in [0.15, 0.2) is 5.78 Å². The molecule has 3 fully saturated rings. The fourth-order valence-corrected chi connectivity index (χ4v) is 8.40. The minimum atomic E-state index is -3.25. The lowest BCUT2D eigenvalue weighted by atomic mass is 9.43. The minimum Gasteiger partial charge on any atom is -0.393 e. The Balaban J connectivity index is 1.70. The van der Waals surface area contributed by atoms with E-state index in [0.29, 0.717) is 44.1 Å². The number of aliphatic hydroxyl groups excluding tert-OH is 2. The fraction of sp³-hybridized carbons (Fsp3) is 0.889. The Morgan fingerprint density at radius 3 is 2.25 bits per heavy atom. The first kappa shape index (κ1) is 28.1. The molecule has 0 amide bonds. The van der Waals surface area contributed by atoms with Crippen molar-refractivity contribution in [2.45, 2.75) is 115 Å². The van der Waals surface area contributed by atoms with Crippen molar-refractivity contribution in [3.63, 3.8) is 0 Å². The number of aliphatic hydroxyl groups is 8. The van der Waals surface area contributed by atoms with Gasteiger partial charge in [0.05, 0.1) is 17.3 Å². The molecule has 0 aromatic heterocycles. The SMILES string of the molecule is CC([C@H](O)CCC(C)(C)O)[C@H]1CC[C@@]2(O)C3=CC(=O)[C@@H]4C[C@@H](O)C(O)(O)C(O)(O)[C@]4(C)C3CC[C@]12C. The quantitative estimate of drug-likeness (QED) is 0.241. The molecule has 0 aromatic carbocycles.